The van der Waals surface area contributed by atoms with Gasteiger partial charge in [-0.1, -0.05) is 101 Å². The fourth-order valence-corrected chi connectivity index (χ4v) is 4.95. The average molecular weight is 554 g/mol. The summed E-state index contributed by atoms with van der Waals surface area (Å²) in [4.78, 5) is 40.1. The summed E-state index contributed by atoms with van der Waals surface area (Å²) < 4.78 is 5.44. The van der Waals surface area contributed by atoms with Gasteiger partial charge in [0.25, 0.3) is 5.91 Å². The smallest absolute Gasteiger partial charge is 0.418 e. The van der Waals surface area contributed by atoms with Crippen molar-refractivity contribution in [2.24, 2.45) is 0 Å². The standard InChI is InChI=1S/C34H51NO5/c1-5-6-7-8-9-10-11-12-13-14-15-16-17-18-22-25-29(36)30-31(37)28(26-27-23-20-19-21-24-27)35(32(30)38)33(39)40-34(2,3)4/h12-13,19-21,23-24,28,37H,5-11,14-18,22,25-26H2,1-4H3/b13-12-/t28-/m0/s1. The van der Waals surface area contributed by atoms with Crippen LogP contribution in [0.5, 0.6) is 0 Å². The third-order valence-electron chi connectivity index (χ3n) is 7.12. The normalized spacial score (nSPS) is 15.8. The second kappa shape index (κ2) is 17.7. The molecule has 1 aliphatic heterocycles. The van der Waals surface area contributed by atoms with Gasteiger partial charge in [-0.2, -0.15) is 0 Å². The molecule has 2 amide bonds. The molecule has 0 radical (unpaired) electrons. The second-order valence-corrected chi connectivity index (χ2v) is 11.9. The highest BCUT2D eigenvalue weighted by atomic mass is 16.6. The molecule has 0 saturated carbocycles. The Balaban J connectivity index is 1.79. The SMILES string of the molecule is CCCCCCCC/C=C\CCCCCCCC(=O)C1=C(O)[C@H](Cc2ccccc2)N(C(=O)OC(C)(C)C)C1=O. The predicted octanol–water partition coefficient (Wildman–Crippen LogP) is 8.79. The maximum absolute atomic E-state index is 13.2. The topological polar surface area (TPSA) is 83.9 Å². The number of hydrogen-bond donors (Lipinski definition) is 1. The Hall–Kier alpha value is -2.89. The number of aliphatic hydroxyl groups is 1. The molecule has 0 fully saturated rings. The second-order valence-electron chi connectivity index (χ2n) is 11.9. The number of benzene rings is 1. The van der Waals surface area contributed by atoms with Crippen LogP contribution in [0.3, 0.4) is 0 Å². The number of unbranched alkanes of at least 4 members (excludes halogenated alkanes) is 11. The van der Waals surface area contributed by atoms with Crippen molar-refractivity contribution in [1.29, 1.82) is 0 Å². The Bertz CT molecular complexity index is 989. The number of carbonyl (C=O) groups is 3. The first-order valence-corrected chi connectivity index (χ1v) is 15.4. The molecule has 0 bridgehead atoms. The van der Waals surface area contributed by atoms with E-state index in [1.54, 1.807) is 20.8 Å². The van der Waals surface area contributed by atoms with E-state index in [4.69, 9.17) is 4.74 Å². The summed E-state index contributed by atoms with van der Waals surface area (Å²) in [5, 5.41) is 11.0. The fourth-order valence-electron chi connectivity index (χ4n) is 4.95. The van der Waals surface area contributed by atoms with E-state index >= 15 is 0 Å². The van der Waals surface area contributed by atoms with Crippen LogP contribution in [0.25, 0.3) is 0 Å². The molecule has 1 heterocycles. The van der Waals surface area contributed by atoms with Gasteiger partial charge in [-0.25, -0.2) is 9.69 Å². The number of amides is 2. The summed E-state index contributed by atoms with van der Waals surface area (Å²) in [7, 11) is 0. The van der Waals surface area contributed by atoms with Crippen molar-refractivity contribution in [2.75, 3.05) is 0 Å². The minimum Gasteiger partial charge on any atom is -0.509 e. The van der Waals surface area contributed by atoms with Crippen LogP contribution >= 0.6 is 0 Å². The molecule has 0 saturated heterocycles. The summed E-state index contributed by atoms with van der Waals surface area (Å²) in [6.07, 6.45) is 19.2. The average Bonchev–Trinajstić information content (AvgIpc) is 3.14. The lowest BCUT2D eigenvalue weighted by Gasteiger charge is -2.27. The number of ether oxygens (including phenoxy) is 1. The molecule has 2 rings (SSSR count). The summed E-state index contributed by atoms with van der Waals surface area (Å²) in [6, 6.07) is 8.32. The Morgan fingerprint density at radius 3 is 2.00 bits per heavy atom. The van der Waals surface area contributed by atoms with E-state index in [0.29, 0.717) is 6.42 Å². The maximum atomic E-state index is 13.2. The summed E-state index contributed by atoms with van der Waals surface area (Å²) in [6.45, 7) is 7.38. The van der Waals surface area contributed by atoms with Crippen LogP contribution in [0.15, 0.2) is 53.8 Å². The largest absolute Gasteiger partial charge is 0.509 e. The van der Waals surface area contributed by atoms with Crippen molar-refractivity contribution in [3.05, 3.63) is 59.4 Å². The molecule has 6 heteroatoms. The highest BCUT2D eigenvalue weighted by Gasteiger charge is 2.47. The molecule has 6 nitrogen and oxygen atoms in total. The zero-order chi connectivity index (χ0) is 29.4. The van der Waals surface area contributed by atoms with Crippen molar-refractivity contribution in [1.82, 2.24) is 4.90 Å². The first-order chi connectivity index (χ1) is 19.2. The highest BCUT2D eigenvalue weighted by molar-refractivity contribution is 6.24. The molecule has 40 heavy (non-hydrogen) atoms. The Kier molecular flexibility index (Phi) is 14.8. The number of Topliss-reactive ketones (excluding diaryl/α,β-unsaturated/α-hetero) is 1. The monoisotopic (exact) mass is 553 g/mol. The van der Waals surface area contributed by atoms with Gasteiger partial charge in [0.1, 0.15) is 23.0 Å². The molecule has 1 aromatic carbocycles. The van der Waals surface area contributed by atoms with Gasteiger partial charge in [0.15, 0.2) is 5.78 Å². The first kappa shape index (κ1) is 33.3. The number of ketones is 1. The van der Waals surface area contributed by atoms with E-state index in [2.05, 4.69) is 19.1 Å². The minimum atomic E-state index is -0.960. The first-order valence-electron chi connectivity index (χ1n) is 15.4. The molecule has 1 N–H and O–H groups in total. The molecule has 1 aromatic rings. The van der Waals surface area contributed by atoms with Crippen LogP contribution < -0.4 is 0 Å². The van der Waals surface area contributed by atoms with E-state index in [0.717, 1.165) is 42.6 Å². The summed E-state index contributed by atoms with van der Waals surface area (Å²) in [5.74, 6) is -1.52. The van der Waals surface area contributed by atoms with Crippen molar-refractivity contribution >= 4 is 17.8 Å². The van der Waals surface area contributed by atoms with Crippen LogP contribution in [0.2, 0.25) is 0 Å². The molecule has 0 aliphatic carbocycles. The van der Waals surface area contributed by atoms with Crippen LogP contribution in [-0.4, -0.2) is 39.4 Å². The molecule has 0 aromatic heterocycles. The van der Waals surface area contributed by atoms with Crippen LogP contribution in [-0.2, 0) is 20.7 Å². The van der Waals surface area contributed by atoms with E-state index in [1.807, 2.05) is 30.3 Å². The number of aliphatic hydroxyl groups excluding tert-OH is 1. The van der Waals surface area contributed by atoms with Gasteiger partial charge in [0.2, 0.25) is 0 Å². The number of nitrogens with zero attached hydrogens (tertiary/aromatic N) is 1. The molecule has 1 aliphatic rings. The van der Waals surface area contributed by atoms with Gasteiger partial charge in [-0.05, 0) is 58.4 Å². The Morgan fingerprint density at radius 2 is 1.43 bits per heavy atom. The number of carbonyl (C=O) groups excluding carboxylic acids is 3. The number of imide groups is 1. The molecular weight excluding hydrogens is 502 g/mol. The predicted molar refractivity (Wildman–Crippen MR) is 161 cm³/mol. The Morgan fingerprint density at radius 1 is 0.875 bits per heavy atom. The van der Waals surface area contributed by atoms with Crippen LogP contribution in [0, 0.1) is 0 Å². The van der Waals surface area contributed by atoms with Crippen LogP contribution in [0.4, 0.5) is 4.79 Å². The lowest BCUT2D eigenvalue weighted by molar-refractivity contribution is -0.128. The molecule has 0 unspecified atom stereocenters. The van der Waals surface area contributed by atoms with Crippen molar-refractivity contribution < 1.29 is 24.2 Å². The van der Waals surface area contributed by atoms with E-state index in [9.17, 15) is 19.5 Å². The van der Waals surface area contributed by atoms with Gasteiger partial charge < -0.3 is 9.84 Å². The van der Waals surface area contributed by atoms with Gasteiger partial charge in [-0.15, -0.1) is 0 Å². The van der Waals surface area contributed by atoms with Crippen molar-refractivity contribution in [2.45, 2.75) is 136 Å². The van der Waals surface area contributed by atoms with Gasteiger partial charge in [-0.3, -0.25) is 9.59 Å². The Labute approximate surface area is 241 Å². The molecule has 0 spiro atoms. The van der Waals surface area contributed by atoms with Crippen LogP contribution in [0.1, 0.15) is 123 Å². The van der Waals surface area contributed by atoms with Crippen molar-refractivity contribution in [3.8, 4) is 0 Å². The third-order valence-corrected chi connectivity index (χ3v) is 7.12. The fraction of sp³-hybridized carbons (Fsp3) is 0.618. The summed E-state index contributed by atoms with van der Waals surface area (Å²) in [5.41, 5.74) is -0.255. The van der Waals surface area contributed by atoms with E-state index in [-0.39, 0.29) is 24.2 Å². The van der Waals surface area contributed by atoms with Gasteiger partial charge in [0.05, 0.1) is 0 Å². The zero-order valence-electron chi connectivity index (χ0n) is 25.3. The van der Waals surface area contributed by atoms with Crippen molar-refractivity contribution in [3.63, 3.8) is 0 Å². The highest BCUT2D eigenvalue weighted by Crippen LogP contribution is 2.30. The summed E-state index contributed by atoms with van der Waals surface area (Å²) >= 11 is 0. The third kappa shape index (κ3) is 11.7. The van der Waals surface area contributed by atoms with Gasteiger partial charge in [0, 0.05) is 12.8 Å². The quantitative estimate of drug-likeness (QED) is 0.112. The lowest BCUT2D eigenvalue weighted by atomic mass is 10.0. The zero-order valence-corrected chi connectivity index (χ0v) is 25.3. The number of hydrogen-bond acceptors (Lipinski definition) is 5. The van der Waals surface area contributed by atoms with Gasteiger partial charge >= 0.3 is 6.09 Å². The van der Waals surface area contributed by atoms with E-state index < -0.39 is 29.4 Å². The molecule has 1 atom stereocenters. The molecule has 222 valence electrons. The maximum Gasteiger partial charge on any atom is 0.418 e. The number of allylic oxidation sites excluding steroid dienone is 2. The van der Waals surface area contributed by atoms with E-state index in [1.165, 1.54) is 44.9 Å². The molecular formula is C34H51NO5. The lowest BCUT2D eigenvalue weighted by Crippen LogP contribution is -2.45. The number of rotatable bonds is 18. The minimum absolute atomic E-state index is 0.170.